The van der Waals surface area contributed by atoms with Gasteiger partial charge in [0.15, 0.2) is 5.76 Å². The third-order valence-corrected chi connectivity index (χ3v) is 4.04. The first-order valence-electron chi connectivity index (χ1n) is 6.60. The van der Waals surface area contributed by atoms with Crippen LogP contribution in [0.1, 0.15) is 34.5 Å². The van der Waals surface area contributed by atoms with E-state index in [1.54, 1.807) is 0 Å². The number of hydrogen-bond donors (Lipinski definition) is 1. The molecular formula is C13H13N3O5S. The third kappa shape index (κ3) is 3.00. The maximum absolute atomic E-state index is 12.0. The highest BCUT2D eigenvalue weighted by atomic mass is 32.1. The van der Waals surface area contributed by atoms with Crippen LogP contribution in [0.3, 0.4) is 0 Å². The van der Waals surface area contributed by atoms with E-state index in [0.29, 0.717) is 11.7 Å². The lowest BCUT2D eigenvalue weighted by Gasteiger charge is -2.02. The van der Waals surface area contributed by atoms with Crippen molar-refractivity contribution in [3.63, 3.8) is 0 Å². The molecule has 0 radical (unpaired) electrons. The number of nitrogens with one attached hydrogen (secondary N) is 1. The Hall–Kier alpha value is -2.26. The number of rotatable bonds is 4. The summed E-state index contributed by atoms with van der Waals surface area (Å²) in [6.45, 7) is 0.711. The van der Waals surface area contributed by atoms with Crippen molar-refractivity contribution in [2.45, 2.75) is 18.9 Å². The number of carbonyl (C=O) groups is 1. The summed E-state index contributed by atoms with van der Waals surface area (Å²) >= 11 is 1.24. The van der Waals surface area contributed by atoms with Crippen molar-refractivity contribution in [3.8, 4) is 5.75 Å². The number of ether oxygens (including phenoxy) is 2. The molecule has 0 aromatic carbocycles. The predicted molar refractivity (Wildman–Crippen MR) is 77.3 cm³/mol. The van der Waals surface area contributed by atoms with Gasteiger partial charge in [-0.15, -0.1) is 10.2 Å². The van der Waals surface area contributed by atoms with Gasteiger partial charge < -0.3 is 13.9 Å². The highest BCUT2D eigenvalue weighted by molar-refractivity contribution is 7.15. The summed E-state index contributed by atoms with van der Waals surface area (Å²) in [6, 6.07) is 1.07. The summed E-state index contributed by atoms with van der Waals surface area (Å²) < 4.78 is 15.4. The van der Waals surface area contributed by atoms with E-state index < -0.39 is 11.3 Å². The summed E-state index contributed by atoms with van der Waals surface area (Å²) in [6.07, 6.45) is 2.93. The number of aromatic nitrogens is 2. The van der Waals surface area contributed by atoms with Crippen molar-refractivity contribution < 1.29 is 18.7 Å². The fraction of sp³-hybridized carbons (Fsp3) is 0.385. The van der Waals surface area contributed by atoms with Gasteiger partial charge in [0.1, 0.15) is 17.4 Å². The second kappa shape index (κ2) is 6.24. The van der Waals surface area contributed by atoms with Crippen LogP contribution < -0.4 is 15.5 Å². The van der Waals surface area contributed by atoms with Crippen molar-refractivity contribution in [1.82, 2.24) is 10.2 Å². The first kappa shape index (κ1) is 14.7. The quantitative estimate of drug-likeness (QED) is 0.911. The van der Waals surface area contributed by atoms with Gasteiger partial charge in [0.2, 0.25) is 16.3 Å². The minimum absolute atomic E-state index is 0.0353. The number of carbonyl (C=O) groups excluding carboxylic acids is 1. The molecule has 22 heavy (non-hydrogen) atoms. The number of methoxy groups -OCH3 is 1. The van der Waals surface area contributed by atoms with Gasteiger partial charge in [-0.1, -0.05) is 11.3 Å². The lowest BCUT2D eigenvalue weighted by Crippen LogP contribution is -2.15. The van der Waals surface area contributed by atoms with E-state index in [-0.39, 0.29) is 17.6 Å². The molecule has 0 unspecified atom stereocenters. The van der Waals surface area contributed by atoms with E-state index in [1.807, 2.05) is 0 Å². The Morgan fingerprint density at radius 2 is 2.36 bits per heavy atom. The number of hydrogen-bond acceptors (Lipinski definition) is 8. The number of anilines is 1. The Morgan fingerprint density at radius 3 is 3.05 bits per heavy atom. The Morgan fingerprint density at radius 1 is 1.50 bits per heavy atom. The zero-order chi connectivity index (χ0) is 15.5. The monoisotopic (exact) mass is 323 g/mol. The second-order valence-electron chi connectivity index (χ2n) is 4.58. The van der Waals surface area contributed by atoms with E-state index >= 15 is 0 Å². The Kier molecular flexibility index (Phi) is 4.16. The minimum atomic E-state index is -0.574. The maximum Gasteiger partial charge on any atom is 0.293 e. The van der Waals surface area contributed by atoms with Crippen LogP contribution in [0.5, 0.6) is 5.75 Å². The Balaban J connectivity index is 1.71. The molecule has 1 aliphatic heterocycles. The van der Waals surface area contributed by atoms with E-state index in [0.717, 1.165) is 30.2 Å². The van der Waals surface area contributed by atoms with E-state index in [4.69, 9.17) is 13.9 Å². The molecule has 0 saturated carbocycles. The topological polar surface area (TPSA) is 104 Å². The largest absolute Gasteiger partial charge is 0.490 e. The Labute approximate surface area is 129 Å². The van der Waals surface area contributed by atoms with E-state index in [1.165, 1.54) is 18.4 Å². The fourth-order valence-electron chi connectivity index (χ4n) is 2.01. The molecular weight excluding hydrogens is 310 g/mol. The molecule has 1 N–H and O–H groups in total. The van der Waals surface area contributed by atoms with Gasteiger partial charge in [0.05, 0.1) is 7.11 Å². The maximum atomic E-state index is 12.0. The second-order valence-corrected chi connectivity index (χ2v) is 5.59. The molecule has 2 aromatic heterocycles. The highest BCUT2D eigenvalue weighted by Gasteiger charge is 2.22. The molecule has 0 spiro atoms. The number of nitrogens with zero attached hydrogens (tertiary/aromatic N) is 2. The highest BCUT2D eigenvalue weighted by Crippen LogP contribution is 2.31. The summed E-state index contributed by atoms with van der Waals surface area (Å²) in [5.74, 6) is -0.664. The van der Waals surface area contributed by atoms with Crippen molar-refractivity contribution >= 4 is 22.4 Å². The Bertz CT molecular complexity index is 735. The average molecular weight is 323 g/mol. The van der Waals surface area contributed by atoms with Crippen LogP contribution in [0.25, 0.3) is 0 Å². The van der Waals surface area contributed by atoms with Gasteiger partial charge in [0, 0.05) is 12.7 Å². The first-order valence-corrected chi connectivity index (χ1v) is 7.42. The molecule has 9 heteroatoms. The summed E-state index contributed by atoms with van der Waals surface area (Å²) in [5.41, 5.74) is -0.434. The lowest BCUT2D eigenvalue weighted by molar-refractivity contribution is 0.0993. The van der Waals surface area contributed by atoms with Gasteiger partial charge in [0.25, 0.3) is 5.91 Å². The van der Waals surface area contributed by atoms with Gasteiger partial charge in [-0.05, 0) is 12.8 Å². The van der Waals surface area contributed by atoms with Gasteiger partial charge in [-0.2, -0.15) is 0 Å². The molecule has 1 fully saturated rings. The smallest absolute Gasteiger partial charge is 0.293 e. The average Bonchev–Trinajstić information content (AvgIpc) is 3.17. The third-order valence-electron chi connectivity index (χ3n) is 3.11. The SMILES string of the molecule is COc1coc(C(=O)Nc2nnc([C@@H]3CCCO3)s2)cc1=O. The van der Waals surface area contributed by atoms with Crippen molar-refractivity contribution in [2.75, 3.05) is 19.0 Å². The van der Waals surface area contributed by atoms with Crippen LogP contribution in [0, 0.1) is 0 Å². The van der Waals surface area contributed by atoms with Crippen LogP contribution in [-0.2, 0) is 4.74 Å². The minimum Gasteiger partial charge on any atom is -0.490 e. The predicted octanol–water partition coefficient (Wildman–Crippen LogP) is 1.60. The number of amides is 1. The van der Waals surface area contributed by atoms with Crippen LogP contribution in [0.4, 0.5) is 5.13 Å². The molecule has 0 aliphatic carbocycles. The molecule has 8 nitrogen and oxygen atoms in total. The van der Waals surface area contributed by atoms with Crippen molar-refractivity contribution in [3.05, 3.63) is 33.3 Å². The summed E-state index contributed by atoms with van der Waals surface area (Å²) in [4.78, 5) is 23.6. The van der Waals surface area contributed by atoms with Crippen molar-refractivity contribution in [1.29, 1.82) is 0 Å². The zero-order valence-corrected chi connectivity index (χ0v) is 12.5. The van der Waals surface area contributed by atoms with Crippen molar-refractivity contribution in [2.24, 2.45) is 0 Å². The molecule has 1 aliphatic rings. The van der Waals surface area contributed by atoms with Crippen LogP contribution in [-0.4, -0.2) is 29.8 Å². The van der Waals surface area contributed by atoms with Crippen LogP contribution >= 0.6 is 11.3 Å². The normalized spacial score (nSPS) is 17.4. The summed E-state index contributed by atoms with van der Waals surface area (Å²) in [7, 11) is 1.35. The molecule has 3 rings (SSSR count). The molecule has 3 heterocycles. The first-order chi connectivity index (χ1) is 10.7. The molecule has 2 aromatic rings. The van der Waals surface area contributed by atoms with Gasteiger partial charge >= 0.3 is 0 Å². The van der Waals surface area contributed by atoms with Crippen LogP contribution in [0.2, 0.25) is 0 Å². The van der Waals surface area contributed by atoms with Gasteiger partial charge in [-0.3, -0.25) is 14.9 Å². The molecule has 1 amide bonds. The molecule has 1 atom stereocenters. The van der Waals surface area contributed by atoms with E-state index in [2.05, 4.69) is 15.5 Å². The molecule has 116 valence electrons. The van der Waals surface area contributed by atoms with Gasteiger partial charge in [-0.25, -0.2) is 0 Å². The fourth-order valence-corrected chi connectivity index (χ4v) is 2.84. The lowest BCUT2D eigenvalue weighted by atomic mass is 10.2. The standard InChI is InChI=1S/C13H13N3O5S/c1-19-10-6-21-9(5-7(10)17)11(18)14-13-16-15-12(22-13)8-3-2-4-20-8/h5-6,8H,2-4H2,1H3,(H,14,16,18)/t8-/m0/s1. The molecule has 1 saturated heterocycles. The van der Waals surface area contributed by atoms with Crippen LogP contribution in [0.15, 0.2) is 21.5 Å². The summed E-state index contributed by atoms with van der Waals surface area (Å²) in [5, 5.41) is 11.5. The van der Waals surface area contributed by atoms with E-state index in [9.17, 15) is 9.59 Å². The zero-order valence-electron chi connectivity index (χ0n) is 11.7. The molecule has 0 bridgehead atoms.